The van der Waals surface area contributed by atoms with E-state index in [0.717, 1.165) is 19.6 Å². The van der Waals surface area contributed by atoms with Crippen LogP contribution in [0.3, 0.4) is 0 Å². The van der Waals surface area contributed by atoms with Gasteiger partial charge in [0.15, 0.2) is 5.82 Å². The van der Waals surface area contributed by atoms with Crippen molar-refractivity contribution in [1.82, 2.24) is 29.6 Å². The molecule has 5 rings (SSSR count). The fraction of sp³-hybridized carbons (Fsp3) is 0.346. The fourth-order valence-corrected chi connectivity index (χ4v) is 7.26. The van der Waals surface area contributed by atoms with E-state index < -0.39 is 7.72 Å². The summed E-state index contributed by atoms with van der Waals surface area (Å²) in [5, 5.41) is 12.7. The molecule has 2 N–H and O–H groups in total. The zero-order chi connectivity index (χ0) is 28.3. The summed E-state index contributed by atoms with van der Waals surface area (Å²) in [5.41, 5.74) is 0.982. The molecule has 4 heterocycles. The minimum Gasteiger partial charge on any atom is -0.475 e. The van der Waals surface area contributed by atoms with Gasteiger partial charge in [0.05, 0.1) is 22.2 Å². The van der Waals surface area contributed by atoms with Gasteiger partial charge in [-0.3, -0.25) is 14.3 Å². The molecule has 1 aliphatic heterocycles. The Hall–Kier alpha value is -2.92. The number of halogens is 2. The van der Waals surface area contributed by atoms with Gasteiger partial charge in [0.2, 0.25) is 11.8 Å². The molecule has 0 unspecified atom stereocenters. The summed E-state index contributed by atoms with van der Waals surface area (Å²) in [5.74, 6) is 1.08. The number of nitrogens with one attached hydrogen (secondary N) is 1. The normalized spacial score (nSPS) is 15.3. The minimum atomic E-state index is -2.21. The van der Waals surface area contributed by atoms with Crippen LogP contribution in [0.15, 0.2) is 47.4 Å². The highest BCUT2D eigenvalue weighted by Gasteiger charge is 2.30. The number of rotatable bonds is 9. The van der Waals surface area contributed by atoms with E-state index in [2.05, 4.69) is 30.4 Å². The van der Waals surface area contributed by atoms with E-state index in [0.29, 0.717) is 69.4 Å². The third-order valence-electron chi connectivity index (χ3n) is 6.62. The summed E-state index contributed by atoms with van der Waals surface area (Å²) in [4.78, 5) is 34.7. The molecule has 1 fully saturated rings. The van der Waals surface area contributed by atoms with Crippen LogP contribution in [0.4, 0.5) is 11.8 Å². The number of nitrogens with zero attached hydrogens (tertiary/aromatic N) is 6. The molecule has 0 spiro atoms. The lowest BCUT2D eigenvalue weighted by Crippen LogP contribution is -2.39. The molecule has 0 atom stereocenters. The van der Waals surface area contributed by atoms with Crippen molar-refractivity contribution in [2.24, 2.45) is 7.05 Å². The molecule has 14 heteroatoms. The Balaban J connectivity index is 1.22. The van der Waals surface area contributed by atoms with Gasteiger partial charge in [-0.25, -0.2) is 4.98 Å². The molecule has 0 amide bonds. The van der Waals surface area contributed by atoms with Crippen molar-refractivity contribution in [3.8, 4) is 17.0 Å². The van der Waals surface area contributed by atoms with Gasteiger partial charge in [0, 0.05) is 62.2 Å². The Morgan fingerprint density at radius 3 is 2.55 bits per heavy atom. The second kappa shape index (κ2) is 12.3. The molecule has 0 bridgehead atoms. The number of ether oxygens (including phenoxy) is 1. The van der Waals surface area contributed by atoms with Crippen LogP contribution in [-0.4, -0.2) is 79.7 Å². The first kappa shape index (κ1) is 28.6. The van der Waals surface area contributed by atoms with Crippen molar-refractivity contribution in [3.63, 3.8) is 0 Å². The Labute approximate surface area is 241 Å². The lowest BCUT2D eigenvalue weighted by molar-refractivity contribution is 0.201. The second-order valence-corrected chi connectivity index (χ2v) is 12.9. The average molecular weight is 605 g/mol. The summed E-state index contributed by atoms with van der Waals surface area (Å²) in [6, 6.07) is 10.2. The summed E-state index contributed by atoms with van der Waals surface area (Å²) < 4.78 is 12.7. The minimum absolute atomic E-state index is 0.258. The number of hydrogen-bond donors (Lipinski definition) is 2. The molecular formula is C26H29Cl2N7O4P. The molecule has 4 aromatic rings. The summed E-state index contributed by atoms with van der Waals surface area (Å²) >= 11 is 12.7. The Morgan fingerprint density at radius 1 is 1.12 bits per heavy atom. The van der Waals surface area contributed by atoms with Crippen LogP contribution in [-0.2, 0) is 11.6 Å². The molecule has 211 valence electrons. The van der Waals surface area contributed by atoms with Gasteiger partial charge >= 0.3 is 0 Å². The van der Waals surface area contributed by atoms with E-state index in [-0.39, 0.29) is 11.5 Å². The summed E-state index contributed by atoms with van der Waals surface area (Å²) in [6.45, 7) is 5.21. The molecule has 11 nitrogen and oxygen atoms in total. The van der Waals surface area contributed by atoms with Crippen molar-refractivity contribution in [3.05, 3.63) is 63.0 Å². The maximum atomic E-state index is 13.1. The Bertz CT molecular complexity index is 1540. The first-order valence-electron chi connectivity index (χ1n) is 12.8. The number of hydrogen-bond acceptors (Lipinski definition) is 10. The number of fused-ring (bicyclic) bond motifs is 1. The van der Waals surface area contributed by atoms with Gasteiger partial charge in [-0.1, -0.05) is 29.3 Å². The highest BCUT2D eigenvalue weighted by molar-refractivity contribution is 7.65. The van der Waals surface area contributed by atoms with E-state index in [1.54, 1.807) is 49.6 Å². The molecule has 0 saturated carbocycles. The highest BCUT2D eigenvalue weighted by Crippen LogP contribution is 2.56. The van der Waals surface area contributed by atoms with Crippen LogP contribution in [0.1, 0.15) is 6.92 Å². The molecule has 1 aliphatic rings. The first-order chi connectivity index (χ1) is 19.3. The molecule has 3 aromatic heterocycles. The van der Waals surface area contributed by atoms with Crippen LogP contribution >= 0.6 is 30.9 Å². The van der Waals surface area contributed by atoms with Gasteiger partial charge in [-0.2, -0.15) is 4.98 Å². The maximum absolute atomic E-state index is 13.1. The zero-order valence-corrected chi connectivity index (χ0v) is 24.5. The van der Waals surface area contributed by atoms with Gasteiger partial charge in [-0.15, -0.1) is 10.2 Å². The summed E-state index contributed by atoms with van der Waals surface area (Å²) in [7, 11) is -0.581. The molecule has 40 heavy (non-hydrogen) atoms. The topological polar surface area (TPSA) is 128 Å². The maximum Gasteiger partial charge on any atom is 0.259 e. The molecule has 0 aliphatic carbocycles. The smallest absolute Gasteiger partial charge is 0.259 e. The number of pyridine rings is 1. The van der Waals surface area contributed by atoms with E-state index in [1.807, 2.05) is 6.92 Å². The number of anilines is 2. The van der Waals surface area contributed by atoms with Crippen molar-refractivity contribution in [2.75, 3.05) is 50.5 Å². The zero-order valence-electron chi connectivity index (χ0n) is 22.0. The predicted octanol–water partition coefficient (Wildman–Crippen LogP) is 4.41. The van der Waals surface area contributed by atoms with E-state index in [9.17, 15) is 9.69 Å². The molecule has 1 aromatic carbocycles. The van der Waals surface area contributed by atoms with Crippen molar-refractivity contribution >= 4 is 53.7 Å². The average Bonchev–Trinajstić information content (AvgIpc) is 2.94. The van der Waals surface area contributed by atoms with E-state index in [4.69, 9.17) is 32.5 Å². The molecule has 1 radical (unpaired) electrons. The number of benzene rings is 1. The van der Waals surface area contributed by atoms with E-state index in [1.165, 1.54) is 4.57 Å². The van der Waals surface area contributed by atoms with Crippen LogP contribution in [0.2, 0.25) is 10.0 Å². The van der Waals surface area contributed by atoms with Gasteiger partial charge in [0.25, 0.3) is 5.56 Å². The quantitative estimate of drug-likeness (QED) is 0.265. The Morgan fingerprint density at radius 2 is 1.88 bits per heavy atom. The van der Waals surface area contributed by atoms with Crippen molar-refractivity contribution < 1.29 is 14.2 Å². The number of aryl methyl sites for hydroxylation is 1. The van der Waals surface area contributed by atoms with Gasteiger partial charge in [-0.05, 0) is 31.2 Å². The Kier molecular flexibility index (Phi) is 8.80. The highest BCUT2D eigenvalue weighted by atomic mass is 35.5. The largest absolute Gasteiger partial charge is 0.475 e. The lowest BCUT2D eigenvalue weighted by atomic mass is 10.1. The van der Waals surface area contributed by atoms with Crippen LogP contribution in [0.5, 0.6) is 5.88 Å². The van der Waals surface area contributed by atoms with Crippen molar-refractivity contribution in [1.29, 1.82) is 0 Å². The van der Waals surface area contributed by atoms with Gasteiger partial charge < -0.3 is 19.5 Å². The van der Waals surface area contributed by atoms with Crippen LogP contribution < -0.4 is 15.6 Å². The number of aromatic nitrogens is 5. The van der Waals surface area contributed by atoms with Crippen LogP contribution in [0, 0.1) is 0 Å². The lowest BCUT2D eigenvalue weighted by Gasteiger charge is -2.38. The summed E-state index contributed by atoms with van der Waals surface area (Å²) in [6.07, 6.45) is 2.98. The first-order valence-corrected chi connectivity index (χ1v) is 15.6. The fourth-order valence-electron chi connectivity index (χ4n) is 4.51. The monoisotopic (exact) mass is 604 g/mol. The standard InChI is InChI=1S/C26H29Cl2N7O4P/c1-3-39-40(37)13-10-35(11-14-40)9-12-38-22-8-7-21(32-33-22)30-26-29-16-17-15-18(25(36)34(2)24(17)31-26)23-19(27)5-4-6-20(23)28/h4-8,15-16,37H,3,9-14H2,1-2H3,(H,29,30,31,32). The predicted molar refractivity (Wildman–Crippen MR) is 158 cm³/mol. The van der Waals surface area contributed by atoms with E-state index >= 15 is 0 Å². The third-order valence-corrected chi connectivity index (χ3v) is 9.79. The third kappa shape index (κ3) is 6.35. The van der Waals surface area contributed by atoms with Crippen LogP contribution in [0.25, 0.3) is 22.2 Å². The van der Waals surface area contributed by atoms with Gasteiger partial charge in [0.1, 0.15) is 20.0 Å². The van der Waals surface area contributed by atoms with Crippen molar-refractivity contribution in [2.45, 2.75) is 6.92 Å². The SMILES string of the molecule is CCO[P]1(O)CCN(CCOc2ccc(Nc3ncc4cc(-c5c(Cl)cccc5Cl)c(=O)n(C)c4n3)nn2)CC1. The molecular weight excluding hydrogens is 576 g/mol. The second-order valence-electron chi connectivity index (χ2n) is 9.27. The molecule has 1 saturated heterocycles.